The molecule has 1 N–H and O–H groups in total. The van der Waals surface area contributed by atoms with E-state index < -0.39 is 0 Å². The standard InChI is InChI=1S/C20H20N2O3S2/c1-3-25-18(23)11-17-12-26-20(22-17)27-13(2)19(24)21-16-9-8-14-6-4-5-7-15(14)10-16/h4-10,12-13H,3,11H2,1-2H3,(H,21,24)/t13-/m0/s1. The maximum Gasteiger partial charge on any atom is 0.311 e. The Hall–Kier alpha value is -2.38. The van der Waals surface area contributed by atoms with Crippen LogP contribution in [0.3, 0.4) is 0 Å². The number of thiazole rings is 1. The van der Waals surface area contributed by atoms with Crippen molar-refractivity contribution in [2.75, 3.05) is 11.9 Å². The minimum absolute atomic E-state index is 0.0857. The highest BCUT2D eigenvalue weighted by Gasteiger charge is 2.17. The van der Waals surface area contributed by atoms with Crippen molar-refractivity contribution in [2.24, 2.45) is 0 Å². The number of hydrogen-bond acceptors (Lipinski definition) is 6. The maximum atomic E-state index is 12.5. The third-order valence-corrected chi connectivity index (χ3v) is 5.95. The molecule has 0 radical (unpaired) electrons. The maximum absolute atomic E-state index is 12.5. The molecule has 5 nitrogen and oxygen atoms in total. The van der Waals surface area contributed by atoms with Crippen molar-refractivity contribution >= 4 is 51.4 Å². The van der Waals surface area contributed by atoms with Gasteiger partial charge in [-0.05, 0) is 36.8 Å². The van der Waals surface area contributed by atoms with E-state index in [2.05, 4.69) is 10.3 Å². The number of ether oxygens (including phenoxy) is 1. The predicted octanol–water partition coefficient (Wildman–Crippen LogP) is 4.52. The number of carbonyl (C=O) groups is 2. The van der Waals surface area contributed by atoms with E-state index in [1.54, 1.807) is 6.92 Å². The highest BCUT2D eigenvalue weighted by Crippen LogP contribution is 2.28. The molecule has 140 valence electrons. The molecular formula is C20H20N2O3S2. The van der Waals surface area contributed by atoms with Gasteiger partial charge in [0.25, 0.3) is 0 Å². The second-order valence-corrected chi connectivity index (χ2v) is 8.34. The molecule has 1 amide bonds. The van der Waals surface area contributed by atoms with Gasteiger partial charge >= 0.3 is 5.97 Å². The summed E-state index contributed by atoms with van der Waals surface area (Å²) in [4.78, 5) is 28.4. The van der Waals surface area contributed by atoms with Gasteiger partial charge in [0.05, 0.1) is 24.0 Å². The number of rotatable bonds is 7. The van der Waals surface area contributed by atoms with Crippen LogP contribution in [-0.4, -0.2) is 28.7 Å². The van der Waals surface area contributed by atoms with Gasteiger partial charge in [-0.3, -0.25) is 9.59 Å². The number of fused-ring (bicyclic) bond motifs is 1. The lowest BCUT2D eigenvalue weighted by molar-refractivity contribution is -0.142. The number of carbonyl (C=O) groups excluding carboxylic acids is 2. The van der Waals surface area contributed by atoms with E-state index in [1.807, 2.05) is 54.8 Å². The fraction of sp³-hybridized carbons (Fsp3) is 0.250. The molecule has 2 aromatic carbocycles. The molecule has 0 spiro atoms. The Morgan fingerprint density at radius 3 is 2.78 bits per heavy atom. The van der Waals surface area contributed by atoms with E-state index in [1.165, 1.54) is 23.1 Å². The molecule has 1 heterocycles. The van der Waals surface area contributed by atoms with Crippen LogP contribution in [0.25, 0.3) is 10.8 Å². The molecule has 0 aliphatic heterocycles. The second kappa shape index (κ2) is 9.01. The van der Waals surface area contributed by atoms with Crippen LogP contribution in [0.4, 0.5) is 5.69 Å². The Morgan fingerprint density at radius 1 is 1.22 bits per heavy atom. The molecular weight excluding hydrogens is 380 g/mol. The van der Waals surface area contributed by atoms with Crippen molar-refractivity contribution in [3.8, 4) is 0 Å². The van der Waals surface area contributed by atoms with Gasteiger partial charge in [0.15, 0.2) is 4.34 Å². The quantitative estimate of drug-likeness (QED) is 0.466. The lowest BCUT2D eigenvalue weighted by Gasteiger charge is -2.11. The summed E-state index contributed by atoms with van der Waals surface area (Å²) in [6.45, 7) is 3.97. The Morgan fingerprint density at radius 2 is 2.00 bits per heavy atom. The normalized spacial score (nSPS) is 11.9. The lowest BCUT2D eigenvalue weighted by atomic mass is 10.1. The zero-order valence-corrected chi connectivity index (χ0v) is 16.7. The van der Waals surface area contributed by atoms with Crippen LogP contribution in [0.2, 0.25) is 0 Å². The first-order valence-electron chi connectivity index (χ1n) is 8.61. The molecule has 0 bridgehead atoms. The van der Waals surface area contributed by atoms with Gasteiger partial charge in [-0.1, -0.05) is 42.1 Å². The van der Waals surface area contributed by atoms with Gasteiger partial charge in [-0.15, -0.1) is 11.3 Å². The third-order valence-electron chi connectivity index (χ3n) is 3.83. The molecule has 0 aliphatic carbocycles. The molecule has 0 unspecified atom stereocenters. The first-order valence-corrected chi connectivity index (χ1v) is 10.4. The average molecular weight is 401 g/mol. The van der Waals surface area contributed by atoms with Crippen LogP contribution in [0.15, 0.2) is 52.2 Å². The number of benzene rings is 2. The number of aromatic nitrogens is 1. The van der Waals surface area contributed by atoms with Crippen molar-refractivity contribution in [2.45, 2.75) is 29.9 Å². The minimum Gasteiger partial charge on any atom is -0.466 e. The highest BCUT2D eigenvalue weighted by molar-refractivity contribution is 8.02. The van der Waals surface area contributed by atoms with E-state index in [4.69, 9.17) is 4.74 Å². The zero-order valence-electron chi connectivity index (χ0n) is 15.1. The monoisotopic (exact) mass is 400 g/mol. The summed E-state index contributed by atoms with van der Waals surface area (Å²) in [7, 11) is 0. The molecule has 0 saturated heterocycles. The number of amides is 1. The van der Waals surface area contributed by atoms with Crippen LogP contribution >= 0.6 is 23.1 Å². The van der Waals surface area contributed by atoms with Crippen LogP contribution in [-0.2, 0) is 20.7 Å². The summed E-state index contributed by atoms with van der Waals surface area (Å²) in [5, 5.41) is 6.69. The number of thioether (sulfide) groups is 1. The molecule has 0 aliphatic rings. The van der Waals surface area contributed by atoms with Gasteiger partial charge < -0.3 is 10.1 Å². The highest BCUT2D eigenvalue weighted by atomic mass is 32.2. The Balaban J connectivity index is 1.58. The molecule has 1 atom stereocenters. The smallest absolute Gasteiger partial charge is 0.311 e. The summed E-state index contributed by atoms with van der Waals surface area (Å²) >= 11 is 2.81. The van der Waals surface area contributed by atoms with Crippen molar-refractivity contribution < 1.29 is 14.3 Å². The molecule has 7 heteroatoms. The van der Waals surface area contributed by atoms with E-state index in [0.717, 1.165) is 20.8 Å². The van der Waals surface area contributed by atoms with Crippen molar-refractivity contribution in [3.63, 3.8) is 0 Å². The fourth-order valence-electron chi connectivity index (χ4n) is 2.50. The number of hydrogen-bond donors (Lipinski definition) is 1. The summed E-state index contributed by atoms with van der Waals surface area (Å²) in [6, 6.07) is 13.9. The summed E-state index contributed by atoms with van der Waals surface area (Å²) in [6.07, 6.45) is 0.155. The average Bonchev–Trinajstić information content (AvgIpc) is 3.08. The molecule has 0 saturated carbocycles. The number of esters is 1. The SMILES string of the molecule is CCOC(=O)Cc1csc(S[C@@H](C)C(=O)Nc2ccc3ccccc3c2)n1. The van der Waals surface area contributed by atoms with Gasteiger partial charge in [-0.25, -0.2) is 4.98 Å². The molecule has 27 heavy (non-hydrogen) atoms. The first kappa shape index (κ1) is 19.4. The van der Waals surface area contributed by atoms with Crippen molar-refractivity contribution in [1.82, 2.24) is 4.98 Å². The largest absolute Gasteiger partial charge is 0.466 e. The van der Waals surface area contributed by atoms with E-state index in [9.17, 15) is 9.59 Å². The zero-order chi connectivity index (χ0) is 19.2. The van der Waals surface area contributed by atoms with Gasteiger partial charge in [-0.2, -0.15) is 0 Å². The van der Waals surface area contributed by atoms with Gasteiger partial charge in [0.1, 0.15) is 0 Å². The van der Waals surface area contributed by atoms with Crippen LogP contribution < -0.4 is 5.32 Å². The molecule has 1 aromatic heterocycles. The topological polar surface area (TPSA) is 68.3 Å². The first-order chi connectivity index (χ1) is 13.0. The van der Waals surface area contributed by atoms with Crippen LogP contribution in [0, 0.1) is 0 Å². The molecule has 3 aromatic rings. The lowest BCUT2D eigenvalue weighted by Crippen LogP contribution is -2.22. The van der Waals surface area contributed by atoms with E-state index in [0.29, 0.717) is 12.3 Å². The Kier molecular flexibility index (Phi) is 6.47. The fourth-order valence-corrected chi connectivity index (χ4v) is 4.48. The number of nitrogens with one attached hydrogen (secondary N) is 1. The summed E-state index contributed by atoms with van der Waals surface area (Å²) < 4.78 is 5.69. The number of anilines is 1. The summed E-state index contributed by atoms with van der Waals surface area (Å²) in [5.41, 5.74) is 1.44. The molecule has 3 rings (SSSR count). The third kappa shape index (κ3) is 5.30. The van der Waals surface area contributed by atoms with E-state index >= 15 is 0 Å². The Bertz CT molecular complexity index is 955. The van der Waals surface area contributed by atoms with Gasteiger partial charge in [0, 0.05) is 11.1 Å². The van der Waals surface area contributed by atoms with Crippen molar-refractivity contribution in [1.29, 1.82) is 0 Å². The van der Waals surface area contributed by atoms with Gasteiger partial charge in [0.2, 0.25) is 5.91 Å². The van der Waals surface area contributed by atoms with Crippen molar-refractivity contribution in [3.05, 3.63) is 53.5 Å². The minimum atomic E-state index is -0.307. The molecule has 0 fully saturated rings. The van der Waals surface area contributed by atoms with E-state index in [-0.39, 0.29) is 23.5 Å². The summed E-state index contributed by atoms with van der Waals surface area (Å²) in [5.74, 6) is -0.376. The van der Waals surface area contributed by atoms with Crippen LogP contribution in [0.1, 0.15) is 19.5 Å². The number of nitrogens with zero attached hydrogens (tertiary/aromatic N) is 1. The predicted molar refractivity (Wildman–Crippen MR) is 110 cm³/mol. The second-order valence-electron chi connectivity index (χ2n) is 5.90. The van der Waals surface area contributed by atoms with Crippen LogP contribution in [0.5, 0.6) is 0 Å². The Labute approximate surface area is 166 Å².